The van der Waals surface area contributed by atoms with Gasteiger partial charge in [-0.1, -0.05) is 176 Å². The lowest BCUT2D eigenvalue weighted by Crippen LogP contribution is -1.94. The molecule has 16 aromatic heterocycles. The van der Waals surface area contributed by atoms with E-state index >= 15 is 0 Å². The molecule has 0 bridgehead atoms. The lowest BCUT2D eigenvalue weighted by molar-refractivity contribution is 1.16. The predicted octanol–water partition coefficient (Wildman–Crippen LogP) is 26.9. The summed E-state index contributed by atoms with van der Waals surface area (Å²) in [6, 6.07) is 97.7. The normalized spacial score (nSPS) is 13.5. The van der Waals surface area contributed by atoms with E-state index in [2.05, 4.69) is 300 Å². The molecule has 36 rings (SSSR count). The molecule has 0 atom stereocenters. The molecule has 8 aliphatic carbocycles. The van der Waals surface area contributed by atoms with Gasteiger partial charge in [0.05, 0.1) is 68.9 Å². The zero-order chi connectivity index (χ0) is 90.7. The SMILES string of the molecule is c1ccc2c(c1)Cc1c-2ccc2c1Cc1ccc3c4ccncc4n4c5cccnc5nc4c3c1-2.c1ccc2c(c1)Cc1cc3c(cc1-2)-c1c(ccc2c4ccncc4n4c5cccnc5nc4c12)C3.c1ccc2c(c1)Cc1cc3c(cc1-2)Cc1ccc2c4ccncc4n4c5cccnc5nc4c2c1-3.c1ccc2c(c1)Cc1ccc3c(c1-2)Cc1ccc2c4ccncc4n4c5cccnc5nc4c2c1-3. The highest BCUT2D eigenvalue weighted by Crippen LogP contribution is 2.57. The summed E-state index contributed by atoms with van der Waals surface area (Å²) >= 11 is 0. The lowest BCUT2D eigenvalue weighted by atomic mass is 9.93. The molecule has 8 aliphatic rings. The Hall–Kier alpha value is -18.3. The fourth-order valence-electron chi connectivity index (χ4n) is 26.1. The molecule has 0 unspecified atom stereocenters. The summed E-state index contributed by atoms with van der Waals surface area (Å²) in [6.45, 7) is 0. The van der Waals surface area contributed by atoms with Crippen LogP contribution >= 0.6 is 0 Å². The van der Waals surface area contributed by atoms with Crippen LogP contribution in [0.3, 0.4) is 0 Å². The van der Waals surface area contributed by atoms with Crippen LogP contribution < -0.4 is 0 Å². The van der Waals surface area contributed by atoms with Crippen LogP contribution in [0.4, 0.5) is 0 Å². The van der Waals surface area contributed by atoms with Crippen LogP contribution in [0.2, 0.25) is 0 Å². The van der Waals surface area contributed by atoms with Crippen molar-refractivity contribution in [1.29, 1.82) is 0 Å². The Morgan fingerprint density at radius 3 is 0.921 bits per heavy atom. The van der Waals surface area contributed by atoms with Crippen LogP contribution in [0.15, 0.2) is 341 Å². The molecule has 0 spiro atoms. The van der Waals surface area contributed by atoms with E-state index in [9.17, 15) is 0 Å². The van der Waals surface area contributed by atoms with Crippen LogP contribution in [-0.4, -0.2) is 77.4 Å². The Bertz CT molecular complexity index is 10300. The molecule has 0 fully saturated rings. The van der Waals surface area contributed by atoms with Gasteiger partial charge in [0.2, 0.25) is 0 Å². The van der Waals surface area contributed by atoms with Crippen molar-refractivity contribution in [3.63, 3.8) is 0 Å². The molecular weight excluding hydrogens is 1710 g/mol. The molecule has 140 heavy (non-hydrogen) atoms. The summed E-state index contributed by atoms with van der Waals surface area (Å²) in [6.07, 6.45) is 30.5. The van der Waals surface area contributed by atoms with E-state index in [0.29, 0.717) is 0 Å². The monoisotopic (exact) mass is 1780 g/mol. The summed E-state index contributed by atoms with van der Waals surface area (Å²) in [7, 11) is 0. The molecule has 0 aliphatic heterocycles. The van der Waals surface area contributed by atoms with Crippen molar-refractivity contribution >= 4 is 154 Å². The summed E-state index contributed by atoms with van der Waals surface area (Å²) in [4.78, 5) is 56.5. The smallest absolute Gasteiger partial charge is 0.178 e. The number of rotatable bonds is 0. The fraction of sp³-hybridized carbons (Fsp3) is 0.0645. The van der Waals surface area contributed by atoms with Gasteiger partial charge < -0.3 is 0 Å². The van der Waals surface area contributed by atoms with E-state index in [1.54, 1.807) is 0 Å². The molecule has 0 amide bonds. The zero-order valence-electron chi connectivity index (χ0n) is 75.1. The van der Waals surface area contributed by atoms with Gasteiger partial charge >= 0.3 is 0 Å². The lowest BCUT2D eigenvalue weighted by Gasteiger charge is -2.13. The number of hydrogen-bond acceptors (Lipinski definition) is 12. The van der Waals surface area contributed by atoms with E-state index in [0.717, 1.165) is 141 Å². The first-order valence-electron chi connectivity index (χ1n) is 48.2. The van der Waals surface area contributed by atoms with Gasteiger partial charge in [-0.15, -0.1) is 0 Å². The number of hydrogen-bond donors (Lipinski definition) is 0. The van der Waals surface area contributed by atoms with Crippen molar-refractivity contribution in [1.82, 2.24) is 77.4 Å². The third kappa shape index (κ3) is 10.2. The molecule has 12 aromatic carbocycles. The quantitative estimate of drug-likeness (QED) is 0.132. The molecule has 0 N–H and O–H groups in total. The number of imidazole rings is 4. The Labute approximate surface area is 796 Å². The van der Waals surface area contributed by atoms with Gasteiger partial charge in [-0.3, -0.25) is 37.5 Å². The molecule has 0 saturated heterocycles. The second-order valence-corrected chi connectivity index (χ2v) is 38.7. The standard InChI is InChI=1S/4C31H18N4/c1-2-5-20-17(4-1)14-18-7-10-23-24(27(18)20)15-19-8-9-22-21-11-13-32-16-26(21)35-25-6-3-12-33-30(25)34-31(35)29(22)28(19)23;1-2-5-19-17(4-1)14-24-20(19)9-10-23-25(24)15-18-7-8-22-21-11-13-32-16-27(21)35-26-6-3-12-33-30(26)34-31(35)29(22)28(18)23;1-2-5-21-17(4-1)12-19-15-25-20(14-24(19)21)13-18-7-8-23-22-9-11-32-16-27(22)35-26-6-3-10-33-30(26)34-31(35)29(23)28(18)25;1-2-5-21-17(4-1)12-19-14-20-13-18-7-8-23-22-9-11-32-16-27(22)35-26-6-3-10-33-30(26)34-31(35)29(23)28(18)25(20)15-24(19)21/h2*1-13,16H,14-15H2;2*1-11,14-16H,12-13H2. The van der Waals surface area contributed by atoms with E-state index in [4.69, 9.17) is 19.9 Å². The molecule has 16 nitrogen and oxygen atoms in total. The zero-order valence-corrected chi connectivity index (χ0v) is 75.1. The van der Waals surface area contributed by atoms with Crippen LogP contribution in [-0.2, 0) is 51.4 Å². The highest BCUT2D eigenvalue weighted by molar-refractivity contribution is 6.25. The third-order valence-electron chi connectivity index (χ3n) is 31.9. The topological polar surface area (TPSA) is 172 Å². The first kappa shape index (κ1) is 75.1. The molecular formula is C124H72N16. The average molecular weight is 1790 g/mol. The van der Waals surface area contributed by atoms with Crippen LogP contribution in [0, 0.1) is 0 Å². The molecule has 0 saturated carbocycles. The number of nitrogens with zero attached hydrogens (tertiary/aromatic N) is 16. The molecule has 648 valence electrons. The van der Waals surface area contributed by atoms with E-state index in [1.165, 1.54) is 243 Å². The Kier molecular flexibility index (Phi) is 14.9. The summed E-state index contributed by atoms with van der Waals surface area (Å²) in [5.74, 6) is 0. The minimum absolute atomic E-state index is 0.767. The van der Waals surface area contributed by atoms with E-state index in [1.807, 2.05) is 98.6 Å². The molecule has 16 heterocycles. The predicted molar refractivity (Wildman–Crippen MR) is 559 cm³/mol. The maximum Gasteiger partial charge on any atom is 0.178 e. The second kappa shape index (κ2) is 27.7. The van der Waals surface area contributed by atoms with Crippen LogP contribution in [0.25, 0.3) is 243 Å². The summed E-state index contributed by atoms with van der Waals surface area (Å²) in [5, 5.41) is 14.5. The van der Waals surface area contributed by atoms with Crippen LogP contribution in [0.5, 0.6) is 0 Å². The molecule has 28 aromatic rings. The van der Waals surface area contributed by atoms with Crippen molar-refractivity contribution < 1.29 is 0 Å². The van der Waals surface area contributed by atoms with Gasteiger partial charge in [0.15, 0.2) is 22.6 Å². The third-order valence-corrected chi connectivity index (χ3v) is 31.9. The molecule has 16 heteroatoms. The van der Waals surface area contributed by atoms with Gasteiger partial charge in [-0.2, -0.15) is 0 Å². The summed E-state index contributed by atoms with van der Waals surface area (Å²) in [5.41, 5.74) is 59.9. The second-order valence-electron chi connectivity index (χ2n) is 38.7. The van der Waals surface area contributed by atoms with Crippen molar-refractivity contribution in [2.75, 3.05) is 0 Å². The Morgan fingerprint density at radius 1 is 0.171 bits per heavy atom. The fourth-order valence-corrected chi connectivity index (χ4v) is 26.1. The van der Waals surface area contributed by atoms with Gasteiger partial charge in [-0.05, 0) is 342 Å². The van der Waals surface area contributed by atoms with Gasteiger partial charge in [0.25, 0.3) is 0 Å². The highest BCUT2D eigenvalue weighted by atomic mass is 15.1. The number of benzene rings is 12. The highest BCUT2D eigenvalue weighted by Gasteiger charge is 2.37. The van der Waals surface area contributed by atoms with Crippen molar-refractivity contribution in [2.24, 2.45) is 0 Å². The summed E-state index contributed by atoms with van der Waals surface area (Å²) < 4.78 is 8.98. The number of fused-ring (bicyclic) bond motifs is 62. The average Bonchev–Trinajstić information content (AvgIpc) is 1.55. The maximum atomic E-state index is 5.08. The van der Waals surface area contributed by atoms with E-state index in [-0.39, 0.29) is 0 Å². The largest absolute Gasteiger partial charge is 0.288 e. The first-order valence-corrected chi connectivity index (χ1v) is 48.2. The van der Waals surface area contributed by atoms with Crippen molar-refractivity contribution in [2.45, 2.75) is 51.4 Å². The van der Waals surface area contributed by atoms with Gasteiger partial charge in [-0.25, -0.2) is 39.9 Å². The van der Waals surface area contributed by atoms with Crippen LogP contribution in [0.1, 0.15) is 89.0 Å². The van der Waals surface area contributed by atoms with Gasteiger partial charge in [0, 0.05) is 92.7 Å². The van der Waals surface area contributed by atoms with Gasteiger partial charge in [0.1, 0.15) is 22.6 Å². The minimum Gasteiger partial charge on any atom is -0.288 e. The van der Waals surface area contributed by atoms with E-state index < -0.39 is 0 Å². The number of pyridine rings is 12. The minimum atomic E-state index is 0.767. The van der Waals surface area contributed by atoms with Crippen molar-refractivity contribution in [3.05, 3.63) is 430 Å². The number of aromatic nitrogens is 16. The molecule has 0 radical (unpaired) electrons. The maximum absolute atomic E-state index is 5.08. The van der Waals surface area contributed by atoms with Crippen molar-refractivity contribution in [3.8, 4) is 89.0 Å². The Morgan fingerprint density at radius 2 is 0.464 bits per heavy atom. The Balaban J connectivity index is 0.0000000829. The first-order chi connectivity index (χ1) is 69.4.